The van der Waals surface area contributed by atoms with Crippen LogP contribution in [0.5, 0.6) is 11.5 Å². The first-order valence-electron chi connectivity index (χ1n) is 7.64. The number of benzene rings is 1. The highest BCUT2D eigenvalue weighted by Crippen LogP contribution is 2.35. The molecular weight excluding hydrogens is 336 g/mol. The highest BCUT2D eigenvalue weighted by molar-refractivity contribution is 6.32. The lowest BCUT2D eigenvalue weighted by Crippen LogP contribution is -2.37. The molecule has 7 nitrogen and oxygen atoms in total. The second kappa shape index (κ2) is 8.21. The number of rotatable bonds is 7. The topological polar surface area (TPSA) is 88.1 Å². The molecule has 0 aromatic heterocycles. The first-order chi connectivity index (χ1) is 11.5. The van der Waals surface area contributed by atoms with E-state index in [0.717, 1.165) is 6.42 Å². The third-order valence-electron chi connectivity index (χ3n) is 4.02. The van der Waals surface area contributed by atoms with E-state index in [-0.39, 0.29) is 12.3 Å². The first-order valence-corrected chi connectivity index (χ1v) is 8.02. The minimum absolute atomic E-state index is 0.192. The maximum atomic E-state index is 12.2. The number of nitrogens with one attached hydrogen (secondary N) is 1. The minimum atomic E-state index is -0.836. The second-order valence-corrected chi connectivity index (χ2v) is 5.92. The summed E-state index contributed by atoms with van der Waals surface area (Å²) in [6, 6.07) is 2.66. The van der Waals surface area contributed by atoms with E-state index in [1.54, 1.807) is 12.1 Å². The fourth-order valence-electron chi connectivity index (χ4n) is 2.79. The summed E-state index contributed by atoms with van der Waals surface area (Å²) in [5.41, 5.74) is 0.458. The number of hydrogen-bond acceptors (Lipinski definition) is 5. The molecule has 0 spiro atoms. The lowest BCUT2D eigenvalue weighted by atomic mass is 10.2. The Morgan fingerprint density at radius 3 is 2.67 bits per heavy atom. The Hall–Kier alpha value is -1.99. The summed E-state index contributed by atoms with van der Waals surface area (Å²) in [6.45, 7) is 1.10. The monoisotopic (exact) mass is 356 g/mol. The van der Waals surface area contributed by atoms with Crippen molar-refractivity contribution in [3.05, 3.63) is 17.2 Å². The van der Waals surface area contributed by atoms with Crippen molar-refractivity contribution in [2.45, 2.75) is 25.3 Å². The lowest BCUT2D eigenvalue weighted by molar-refractivity contribution is -0.142. The van der Waals surface area contributed by atoms with Crippen molar-refractivity contribution in [2.75, 3.05) is 32.6 Å². The predicted molar refractivity (Wildman–Crippen MR) is 90.0 cm³/mol. The third kappa shape index (κ3) is 4.30. The fraction of sp³-hybridized carbons (Fsp3) is 0.500. The number of halogens is 1. The number of nitrogens with zero attached hydrogens (tertiary/aromatic N) is 1. The molecule has 1 aliphatic rings. The smallest absolute Gasteiger partial charge is 0.320 e. The van der Waals surface area contributed by atoms with Crippen molar-refractivity contribution in [3.8, 4) is 11.5 Å². The van der Waals surface area contributed by atoms with Crippen molar-refractivity contribution in [1.82, 2.24) is 4.90 Å². The molecule has 0 aliphatic carbocycles. The van der Waals surface area contributed by atoms with Crippen LogP contribution >= 0.6 is 11.6 Å². The molecule has 1 unspecified atom stereocenters. The standard InChI is InChI=1S/C16H21ClN2O5/c1-23-13-9-11(14(24-2)8-10(13)17)18-15(20)5-7-19-6-3-4-12(19)16(21)22/h8-9,12H,3-7H2,1-2H3,(H,18,20)(H,21,22). The average molecular weight is 357 g/mol. The van der Waals surface area contributed by atoms with Crippen LogP contribution in [0.3, 0.4) is 0 Å². The summed E-state index contributed by atoms with van der Waals surface area (Å²) < 4.78 is 10.3. The Bertz CT molecular complexity index is 623. The van der Waals surface area contributed by atoms with Crippen LogP contribution in [0.15, 0.2) is 12.1 Å². The number of carbonyl (C=O) groups is 2. The van der Waals surface area contributed by atoms with Gasteiger partial charge in [-0.25, -0.2) is 0 Å². The SMILES string of the molecule is COc1cc(NC(=O)CCN2CCCC2C(=O)O)c(OC)cc1Cl. The fourth-order valence-corrected chi connectivity index (χ4v) is 3.02. The van der Waals surface area contributed by atoms with Gasteiger partial charge in [-0.05, 0) is 19.4 Å². The van der Waals surface area contributed by atoms with E-state index in [1.807, 2.05) is 4.90 Å². The number of amides is 1. The predicted octanol–water partition coefficient (Wildman–Crippen LogP) is 2.23. The minimum Gasteiger partial charge on any atom is -0.495 e. The Labute approximate surface area is 145 Å². The molecular formula is C16H21ClN2O5. The molecule has 8 heteroatoms. The van der Waals surface area contributed by atoms with E-state index in [1.165, 1.54) is 14.2 Å². The van der Waals surface area contributed by atoms with Gasteiger partial charge in [-0.1, -0.05) is 11.6 Å². The molecule has 1 aromatic rings. The number of methoxy groups -OCH3 is 2. The van der Waals surface area contributed by atoms with Gasteiger partial charge in [0, 0.05) is 25.1 Å². The van der Waals surface area contributed by atoms with Gasteiger partial charge in [-0.15, -0.1) is 0 Å². The Morgan fingerprint density at radius 1 is 1.33 bits per heavy atom. The number of carboxylic acids is 1. The van der Waals surface area contributed by atoms with Crippen molar-refractivity contribution >= 4 is 29.2 Å². The van der Waals surface area contributed by atoms with Gasteiger partial charge in [0.15, 0.2) is 0 Å². The Kier molecular flexibility index (Phi) is 6.28. The van der Waals surface area contributed by atoms with Crippen molar-refractivity contribution in [2.24, 2.45) is 0 Å². The molecule has 132 valence electrons. The molecule has 0 radical (unpaired) electrons. The van der Waals surface area contributed by atoms with E-state index >= 15 is 0 Å². The van der Waals surface area contributed by atoms with Crippen LogP contribution in [-0.2, 0) is 9.59 Å². The molecule has 0 bridgehead atoms. The zero-order valence-electron chi connectivity index (χ0n) is 13.7. The summed E-state index contributed by atoms with van der Waals surface area (Å²) in [5.74, 6) is -0.206. The zero-order valence-corrected chi connectivity index (χ0v) is 14.4. The van der Waals surface area contributed by atoms with Crippen LogP contribution in [0, 0.1) is 0 Å². The van der Waals surface area contributed by atoms with E-state index in [0.29, 0.717) is 41.7 Å². The number of carbonyl (C=O) groups excluding carboxylic acids is 1. The largest absolute Gasteiger partial charge is 0.495 e. The first kappa shape index (κ1) is 18.4. The molecule has 1 saturated heterocycles. The van der Waals surface area contributed by atoms with Gasteiger partial charge in [-0.3, -0.25) is 14.5 Å². The highest BCUT2D eigenvalue weighted by Gasteiger charge is 2.30. The summed E-state index contributed by atoms with van der Waals surface area (Å²) in [5, 5.41) is 12.3. The molecule has 1 aliphatic heterocycles. The zero-order chi connectivity index (χ0) is 17.7. The van der Waals surface area contributed by atoms with Gasteiger partial charge in [-0.2, -0.15) is 0 Å². The maximum absolute atomic E-state index is 12.2. The second-order valence-electron chi connectivity index (χ2n) is 5.52. The molecule has 1 amide bonds. The van der Waals surface area contributed by atoms with Crippen LogP contribution < -0.4 is 14.8 Å². The van der Waals surface area contributed by atoms with E-state index in [9.17, 15) is 9.59 Å². The number of ether oxygens (including phenoxy) is 2. The molecule has 2 N–H and O–H groups in total. The van der Waals surface area contributed by atoms with Crippen molar-refractivity contribution < 1.29 is 24.2 Å². The third-order valence-corrected chi connectivity index (χ3v) is 4.32. The van der Waals surface area contributed by atoms with Crippen molar-refractivity contribution in [3.63, 3.8) is 0 Å². The van der Waals surface area contributed by atoms with Gasteiger partial charge in [0.2, 0.25) is 5.91 Å². The van der Waals surface area contributed by atoms with Crippen LogP contribution in [0.2, 0.25) is 5.02 Å². The molecule has 1 heterocycles. The van der Waals surface area contributed by atoms with E-state index in [2.05, 4.69) is 5.32 Å². The number of aliphatic carboxylic acids is 1. The van der Waals surface area contributed by atoms with Gasteiger partial charge in [0.05, 0.1) is 24.9 Å². The molecule has 0 saturated carbocycles. The van der Waals surface area contributed by atoms with Crippen LogP contribution in [0.4, 0.5) is 5.69 Å². The van der Waals surface area contributed by atoms with E-state index in [4.69, 9.17) is 26.2 Å². The molecule has 2 rings (SSSR count). The maximum Gasteiger partial charge on any atom is 0.320 e. The molecule has 1 atom stereocenters. The van der Waals surface area contributed by atoms with Gasteiger partial charge >= 0.3 is 5.97 Å². The number of hydrogen-bond donors (Lipinski definition) is 2. The van der Waals surface area contributed by atoms with E-state index < -0.39 is 12.0 Å². The van der Waals surface area contributed by atoms with Crippen LogP contribution in [0.25, 0.3) is 0 Å². The number of likely N-dealkylation sites (tertiary alicyclic amines) is 1. The van der Waals surface area contributed by atoms with Gasteiger partial charge in [0.25, 0.3) is 0 Å². The molecule has 1 fully saturated rings. The number of carboxylic acid groups (broad SMARTS) is 1. The molecule has 1 aromatic carbocycles. The van der Waals surface area contributed by atoms with Crippen LogP contribution in [-0.4, -0.2) is 55.2 Å². The van der Waals surface area contributed by atoms with Crippen molar-refractivity contribution in [1.29, 1.82) is 0 Å². The highest BCUT2D eigenvalue weighted by atomic mass is 35.5. The van der Waals surface area contributed by atoms with Gasteiger partial charge < -0.3 is 19.9 Å². The molecule has 24 heavy (non-hydrogen) atoms. The Balaban J connectivity index is 1.98. The average Bonchev–Trinajstić information content (AvgIpc) is 3.03. The van der Waals surface area contributed by atoms with Crippen LogP contribution in [0.1, 0.15) is 19.3 Å². The summed E-state index contributed by atoms with van der Waals surface area (Å²) in [4.78, 5) is 25.2. The summed E-state index contributed by atoms with van der Waals surface area (Å²) in [7, 11) is 2.97. The Morgan fingerprint density at radius 2 is 2.04 bits per heavy atom. The summed E-state index contributed by atoms with van der Waals surface area (Å²) >= 11 is 6.03. The lowest BCUT2D eigenvalue weighted by Gasteiger charge is -2.20. The number of anilines is 1. The van der Waals surface area contributed by atoms with Gasteiger partial charge in [0.1, 0.15) is 17.5 Å². The summed E-state index contributed by atoms with van der Waals surface area (Å²) in [6.07, 6.45) is 1.65. The normalized spacial score (nSPS) is 17.5. The quantitative estimate of drug-likeness (QED) is 0.779.